The summed E-state index contributed by atoms with van der Waals surface area (Å²) in [6, 6.07) is 27.2. The number of hydrogen-bond donors (Lipinski definition) is 1. The van der Waals surface area contributed by atoms with E-state index < -0.39 is 6.04 Å². The molecular weight excluding hydrogens is 418 g/mol. The Balaban J connectivity index is 1.61. The largest absolute Gasteiger partial charge is 0.349 e. The van der Waals surface area contributed by atoms with E-state index in [0.717, 1.165) is 27.8 Å². The fourth-order valence-electron chi connectivity index (χ4n) is 3.66. The predicted octanol–water partition coefficient (Wildman–Crippen LogP) is 5.14. The Morgan fingerprint density at radius 1 is 0.938 bits per heavy atom. The number of anilines is 1. The normalized spacial score (nSPS) is 11.8. The number of thiazole rings is 1. The maximum atomic E-state index is 13.5. The topological polar surface area (TPSA) is 62.3 Å². The molecular formula is C26H25N3O2S. The van der Waals surface area contributed by atoms with Gasteiger partial charge in [-0.25, -0.2) is 4.98 Å². The average molecular weight is 444 g/mol. The maximum Gasteiger partial charge on any atom is 0.231 e. The highest BCUT2D eigenvalue weighted by Crippen LogP contribution is 2.30. The van der Waals surface area contributed by atoms with Crippen molar-refractivity contribution in [2.45, 2.75) is 25.8 Å². The molecule has 3 aromatic carbocycles. The molecule has 1 N–H and O–H groups in total. The van der Waals surface area contributed by atoms with Crippen LogP contribution in [0.15, 0.2) is 84.9 Å². The van der Waals surface area contributed by atoms with Crippen LogP contribution in [-0.4, -0.2) is 23.3 Å². The number of amides is 2. The van der Waals surface area contributed by atoms with E-state index in [1.54, 1.807) is 4.90 Å². The summed E-state index contributed by atoms with van der Waals surface area (Å²) in [6.45, 7) is 1.99. The van der Waals surface area contributed by atoms with Crippen LogP contribution in [0.5, 0.6) is 0 Å². The lowest BCUT2D eigenvalue weighted by Gasteiger charge is -2.24. The van der Waals surface area contributed by atoms with E-state index in [1.165, 1.54) is 18.3 Å². The van der Waals surface area contributed by atoms with Gasteiger partial charge in [0, 0.05) is 13.5 Å². The second kappa shape index (κ2) is 10.2. The molecule has 4 rings (SSSR count). The number of nitrogens with one attached hydrogen (secondary N) is 1. The average Bonchev–Trinajstić information content (AvgIpc) is 3.23. The molecule has 1 atom stereocenters. The van der Waals surface area contributed by atoms with Gasteiger partial charge in [0.25, 0.3) is 0 Å². The third kappa shape index (κ3) is 5.39. The summed E-state index contributed by atoms with van der Waals surface area (Å²) in [5.74, 6) is -0.231. The molecule has 0 fully saturated rings. The first kappa shape index (κ1) is 21.7. The predicted molar refractivity (Wildman–Crippen MR) is 130 cm³/mol. The Morgan fingerprint density at radius 3 is 2.28 bits per heavy atom. The van der Waals surface area contributed by atoms with Crippen LogP contribution >= 0.6 is 11.3 Å². The molecule has 1 aromatic heterocycles. The molecule has 6 heteroatoms. The maximum absolute atomic E-state index is 13.5. The Morgan fingerprint density at radius 2 is 1.59 bits per heavy atom. The molecule has 0 spiro atoms. The van der Waals surface area contributed by atoms with Gasteiger partial charge in [-0.2, -0.15) is 0 Å². The molecule has 1 heterocycles. The zero-order valence-corrected chi connectivity index (χ0v) is 18.7. The summed E-state index contributed by atoms with van der Waals surface area (Å²) in [7, 11) is 0. The number of hydrogen-bond acceptors (Lipinski definition) is 4. The molecule has 5 nitrogen and oxygen atoms in total. The molecule has 1 unspecified atom stereocenters. The summed E-state index contributed by atoms with van der Waals surface area (Å²) >= 11 is 1.51. The van der Waals surface area contributed by atoms with Gasteiger partial charge in [-0.05, 0) is 29.7 Å². The second-order valence-corrected chi connectivity index (χ2v) is 8.62. The fraction of sp³-hybridized carbons (Fsp3) is 0.192. The number of para-hydroxylation sites is 1. The Bertz CT molecular complexity index is 1160. The summed E-state index contributed by atoms with van der Waals surface area (Å²) in [5, 5.41) is 3.61. The SMILES string of the molecule is CC(=O)NC(CC(=O)N(CCc1ccccc1)c1nc2ccccc2s1)c1ccccc1. The first-order valence-electron chi connectivity index (χ1n) is 10.6. The number of fused-ring (bicyclic) bond motifs is 1. The van der Waals surface area contributed by atoms with Gasteiger partial charge in [-0.15, -0.1) is 0 Å². The minimum atomic E-state index is -0.394. The second-order valence-electron chi connectivity index (χ2n) is 7.61. The summed E-state index contributed by atoms with van der Waals surface area (Å²) < 4.78 is 1.04. The molecule has 0 aliphatic rings. The van der Waals surface area contributed by atoms with Crippen LogP contribution in [0.2, 0.25) is 0 Å². The molecule has 0 aliphatic heterocycles. The molecule has 0 aliphatic carbocycles. The molecule has 2 amide bonds. The third-order valence-corrected chi connectivity index (χ3v) is 6.30. The number of nitrogens with zero attached hydrogens (tertiary/aromatic N) is 2. The Hall–Kier alpha value is -3.51. The van der Waals surface area contributed by atoms with Gasteiger partial charge < -0.3 is 5.32 Å². The van der Waals surface area contributed by atoms with Crippen LogP contribution in [0, 0.1) is 0 Å². The van der Waals surface area contributed by atoms with Gasteiger partial charge in [0.15, 0.2) is 5.13 Å². The first-order valence-corrected chi connectivity index (χ1v) is 11.4. The Labute approximate surface area is 191 Å². The van der Waals surface area contributed by atoms with Crippen molar-refractivity contribution in [2.75, 3.05) is 11.4 Å². The van der Waals surface area contributed by atoms with Crippen LogP contribution in [0.3, 0.4) is 0 Å². The molecule has 4 aromatic rings. The van der Waals surface area contributed by atoms with Crippen LogP contribution in [0.1, 0.15) is 30.5 Å². The van der Waals surface area contributed by atoms with E-state index in [1.807, 2.05) is 72.8 Å². The zero-order valence-electron chi connectivity index (χ0n) is 17.9. The highest BCUT2D eigenvalue weighted by atomic mass is 32.1. The number of carbonyl (C=O) groups excluding carboxylic acids is 2. The van der Waals surface area contributed by atoms with Crippen molar-refractivity contribution >= 4 is 38.5 Å². The molecule has 32 heavy (non-hydrogen) atoms. The van der Waals surface area contributed by atoms with E-state index in [9.17, 15) is 9.59 Å². The molecule has 0 saturated carbocycles. The van der Waals surface area contributed by atoms with Crippen LogP contribution < -0.4 is 10.2 Å². The number of rotatable bonds is 8. The molecule has 0 radical (unpaired) electrons. The summed E-state index contributed by atoms with van der Waals surface area (Å²) in [6.07, 6.45) is 0.882. The lowest BCUT2D eigenvalue weighted by atomic mass is 10.0. The van der Waals surface area contributed by atoms with E-state index in [4.69, 9.17) is 4.98 Å². The number of aromatic nitrogens is 1. The van der Waals surface area contributed by atoms with Gasteiger partial charge in [-0.3, -0.25) is 14.5 Å². The van der Waals surface area contributed by atoms with Gasteiger partial charge in [0.1, 0.15) is 0 Å². The van der Waals surface area contributed by atoms with Gasteiger partial charge in [-0.1, -0.05) is 84.1 Å². The van der Waals surface area contributed by atoms with Gasteiger partial charge in [0.2, 0.25) is 11.8 Å². The lowest BCUT2D eigenvalue weighted by molar-refractivity contribution is -0.121. The summed E-state index contributed by atoms with van der Waals surface area (Å²) in [4.78, 5) is 31.9. The quantitative estimate of drug-likeness (QED) is 0.410. The highest BCUT2D eigenvalue weighted by molar-refractivity contribution is 7.22. The first-order chi connectivity index (χ1) is 15.6. The van der Waals surface area contributed by atoms with Crippen molar-refractivity contribution in [3.63, 3.8) is 0 Å². The fourth-order valence-corrected chi connectivity index (χ4v) is 4.66. The third-order valence-electron chi connectivity index (χ3n) is 5.24. The zero-order chi connectivity index (χ0) is 22.3. The Kier molecular flexibility index (Phi) is 6.92. The molecule has 162 valence electrons. The number of carbonyl (C=O) groups is 2. The van der Waals surface area contributed by atoms with E-state index in [-0.39, 0.29) is 18.2 Å². The van der Waals surface area contributed by atoms with E-state index in [2.05, 4.69) is 17.4 Å². The van der Waals surface area contributed by atoms with Crippen molar-refractivity contribution in [1.82, 2.24) is 10.3 Å². The minimum absolute atomic E-state index is 0.0670. The van der Waals surface area contributed by atoms with Gasteiger partial charge in [0.05, 0.1) is 22.7 Å². The molecule has 0 bridgehead atoms. The standard InChI is InChI=1S/C26H25N3O2S/c1-19(30)27-23(21-12-6-3-7-13-21)18-25(31)29(17-16-20-10-4-2-5-11-20)26-28-22-14-8-9-15-24(22)32-26/h2-15,23H,16-18H2,1H3,(H,27,30). The minimum Gasteiger partial charge on any atom is -0.349 e. The van der Waals surface area contributed by atoms with Crippen molar-refractivity contribution in [3.8, 4) is 0 Å². The number of benzene rings is 3. The lowest BCUT2D eigenvalue weighted by Crippen LogP contribution is -2.37. The smallest absolute Gasteiger partial charge is 0.231 e. The van der Waals surface area contributed by atoms with Crippen LogP contribution in [-0.2, 0) is 16.0 Å². The van der Waals surface area contributed by atoms with Crippen molar-refractivity contribution in [2.24, 2.45) is 0 Å². The monoisotopic (exact) mass is 443 g/mol. The van der Waals surface area contributed by atoms with Gasteiger partial charge >= 0.3 is 0 Å². The van der Waals surface area contributed by atoms with E-state index >= 15 is 0 Å². The van der Waals surface area contributed by atoms with Crippen molar-refractivity contribution < 1.29 is 9.59 Å². The van der Waals surface area contributed by atoms with Crippen LogP contribution in [0.25, 0.3) is 10.2 Å². The van der Waals surface area contributed by atoms with Crippen molar-refractivity contribution in [3.05, 3.63) is 96.1 Å². The summed E-state index contributed by atoms with van der Waals surface area (Å²) in [5.41, 5.74) is 2.95. The van der Waals surface area contributed by atoms with Crippen molar-refractivity contribution in [1.29, 1.82) is 0 Å². The van der Waals surface area contributed by atoms with Crippen LogP contribution in [0.4, 0.5) is 5.13 Å². The molecule has 0 saturated heterocycles. The van der Waals surface area contributed by atoms with E-state index in [0.29, 0.717) is 11.7 Å². The highest BCUT2D eigenvalue weighted by Gasteiger charge is 2.24.